The van der Waals surface area contributed by atoms with E-state index in [1.807, 2.05) is 13.8 Å². The molecule has 2 N–H and O–H groups in total. The van der Waals surface area contributed by atoms with Crippen molar-refractivity contribution in [3.63, 3.8) is 0 Å². The lowest BCUT2D eigenvalue weighted by atomic mass is 10.2. The van der Waals surface area contributed by atoms with Crippen molar-refractivity contribution in [3.8, 4) is 5.75 Å². The van der Waals surface area contributed by atoms with Crippen molar-refractivity contribution in [2.45, 2.75) is 31.4 Å². The molecular formula is C18H27N3O6S. The number of nitrogens with one attached hydrogen (secondary N) is 2. The number of sulfonamides is 1. The van der Waals surface area contributed by atoms with E-state index in [-0.39, 0.29) is 23.9 Å². The molecule has 0 aliphatic carbocycles. The predicted octanol–water partition coefficient (Wildman–Crippen LogP) is 0.321. The maximum absolute atomic E-state index is 13.0. The summed E-state index contributed by atoms with van der Waals surface area (Å²) in [6, 6.07) is 6.04. The Labute approximate surface area is 165 Å². The van der Waals surface area contributed by atoms with Gasteiger partial charge in [-0.05, 0) is 36.6 Å². The van der Waals surface area contributed by atoms with E-state index >= 15 is 0 Å². The van der Waals surface area contributed by atoms with Crippen molar-refractivity contribution in [1.29, 1.82) is 0 Å². The maximum Gasteiger partial charge on any atom is 0.309 e. The van der Waals surface area contributed by atoms with Gasteiger partial charge < -0.3 is 20.1 Å². The molecule has 1 saturated heterocycles. The van der Waals surface area contributed by atoms with Crippen LogP contribution in [0.25, 0.3) is 0 Å². The number of methoxy groups -OCH3 is 1. The lowest BCUT2D eigenvalue weighted by Crippen LogP contribution is -2.53. The largest absolute Gasteiger partial charge is 0.497 e. The average Bonchev–Trinajstić information content (AvgIpc) is 2.70. The van der Waals surface area contributed by atoms with Gasteiger partial charge in [-0.15, -0.1) is 0 Å². The Hall–Kier alpha value is -2.17. The topological polar surface area (TPSA) is 114 Å². The van der Waals surface area contributed by atoms with Gasteiger partial charge in [-0.25, -0.2) is 8.42 Å². The Bertz CT molecular complexity index is 779. The molecule has 1 atom stereocenters. The minimum absolute atomic E-state index is 0.102. The van der Waals surface area contributed by atoms with Crippen LogP contribution in [0, 0.1) is 5.92 Å². The number of nitrogens with zero attached hydrogens (tertiary/aromatic N) is 1. The first-order valence-electron chi connectivity index (χ1n) is 9.09. The standard InChI is InChI=1S/C18H27N3O6S/c1-13(2)11-19-17(22)18(23)20-12-16-21(9-4-10-27-16)28(24,25)15-7-5-14(26-3)6-8-15/h5-8,13,16H,4,9-12H2,1-3H3,(H,19,22)(H,20,23)/t16-/m1/s1. The third-order valence-electron chi connectivity index (χ3n) is 4.13. The molecule has 0 bridgehead atoms. The smallest absolute Gasteiger partial charge is 0.309 e. The minimum Gasteiger partial charge on any atom is -0.497 e. The zero-order valence-electron chi connectivity index (χ0n) is 16.3. The van der Waals surface area contributed by atoms with Crippen molar-refractivity contribution >= 4 is 21.8 Å². The number of hydrogen-bond acceptors (Lipinski definition) is 6. The van der Waals surface area contributed by atoms with Crippen LogP contribution in [0.5, 0.6) is 5.75 Å². The number of carbonyl (C=O) groups excluding carboxylic acids is 2. The first-order chi connectivity index (χ1) is 13.3. The van der Waals surface area contributed by atoms with Crippen molar-refractivity contribution in [2.24, 2.45) is 5.92 Å². The summed E-state index contributed by atoms with van der Waals surface area (Å²) in [6.45, 7) is 4.71. The molecule has 9 nitrogen and oxygen atoms in total. The van der Waals surface area contributed by atoms with Gasteiger partial charge in [0.1, 0.15) is 12.0 Å². The SMILES string of the molecule is COc1ccc(S(=O)(=O)N2CCCO[C@@H]2CNC(=O)C(=O)NCC(C)C)cc1. The van der Waals surface area contributed by atoms with Crippen LogP contribution < -0.4 is 15.4 Å². The zero-order valence-corrected chi connectivity index (χ0v) is 17.1. The fourth-order valence-electron chi connectivity index (χ4n) is 2.62. The second-order valence-corrected chi connectivity index (χ2v) is 8.67. The third-order valence-corrected chi connectivity index (χ3v) is 6.04. The van der Waals surface area contributed by atoms with E-state index in [4.69, 9.17) is 9.47 Å². The molecule has 1 fully saturated rings. The highest BCUT2D eigenvalue weighted by Gasteiger charge is 2.35. The molecule has 0 saturated carbocycles. The number of amides is 2. The lowest BCUT2D eigenvalue weighted by molar-refractivity contribution is -0.140. The van der Waals surface area contributed by atoms with Gasteiger partial charge in [0.2, 0.25) is 10.0 Å². The molecule has 0 aromatic heterocycles. The molecule has 1 aliphatic heterocycles. The fourth-order valence-corrected chi connectivity index (χ4v) is 4.19. The summed E-state index contributed by atoms with van der Waals surface area (Å²) < 4.78 is 37.7. The molecule has 10 heteroatoms. The molecule has 2 amide bonds. The second-order valence-electron chi connectivity index (χ2n) is 6.78. The number of rotatable bonds is 7. The summed E-state index contributed by atoms with van der Waals surface area (Å²) in [4.78, 5) is 23.8. The van der Waals surface area contributed by atoms with Gasteiger partial charge in [-0.1, -0.05) is 13.8 Å². The van der Waals surface area contributed by atoms with Crippen molar-refractivity contribution in [1.82, 2.24) is 14.9 Å². The molecule has 1 aliphatic rings. The molecule has 0 spiro atoms. The molecular weight excluding hydrogens is 386 g/mol. The normalized spacial score (nSPS) is 17.9. The first kappa shape index (κ1) is 22.1. The Morgan fingerprint density at radius 1 is 1.21 bits per heavy atom. The molecule has 0 radical (unpaired) electrons. The van der Waals surface area contributed by atoms with Gasteiger partial charge in [0.05, 0.1) is 25.2 Å². The summed E-state index contributed by atoms with van der Waals surface area (Å²) in [5.41, 5.74) is 0. The van der Waals surface area contributed by atoms with Crippen LogP contribution >= 0.6 is 0 Å². The molecule has 1 aromatic carbocycles. The van der Waals surface area contributed by atoms with Crippen LogP contribution in [-0.4, -0.2) is 64.1 Å². The van der Waals surface area contributed by atoms with E-state index < -0.39 is 28.1 Å². The van der Waals surface area contributed by atoms with Crippen LogP contribution in [-0.2, 0) is 24.3 Å². The first-order valence-corrected chi connectivity index (χ1v) is 10.5. The number of carbonyl (C=O) groups is 2. The lowest BCUT2D eigenvalue weighted by Gasteiger charge is -2.34. The van der Waals surface area contributed by atoms with Gasteiger partial charge in [0.25, 0.3) is 0 Å². The molecule has 1 heterocycles. The van der Waals surface area contributed by atoms with Gasteiger partial charge in [-0.3, -0.25) is 9.59 Å². The monoisotopic (exact) mass is 413 g/mol. The molecule has 2 rings (SSSR count). The van der Waals surface area contributed by atoms with Gasteiger partial charge in [0, 0.05) is 13.1 Å². The number of hydrogen-bond donors (Lipinski definition) is 2. The Balaban J connectivity index is 2.04. The highest BCUT2D eigenvalue weighted by atomic mass is 32.2. The van der Waals surface area contributed by atoms with Crippen molar-refractivity contribution in [2.75, 3.05) is 33.4 Å². The van der Waals surface area contributed by atoms with Gasteiger partial charge in [0.15, 0.2) is 0 Å². The van der Waals surface area contributed by atoms with Crippen molar-refractivity contribution in [3.05, 3.63) is 24.3 Å². The Kier molecular flexibility index (Phi) is 7.78. The molecule has 0 unspecified atom stereocenters. The highest BCUT2D eigenvalue weighted by molar-refractivity contribution is 7.89. The van der Waals surface area contributed by atoms with E-state index in [9.17, 15) is 18.0 Å². The summed E-state index contributed by atoms with van der Waals surface area (Å²) in [6.07, 6.45) is -0.350. The average molecular weight is 413 g/mol. The molecule has 28 heavy (non-hydrogen) atoms. The van der Waals surface area contributed by atoms with Crippen LogP contribution in [0.2, 0.25) is 0 Å². The Morgan fingerprint density at radius 2 is 1.86 bits per heavy atom. The van der Waals surface area contributed by atoms with E-state index in [0.29, 0.717) is 25.3 Å². The highest BCUT2D eigenvalue weighted by Crippen LogP contribution is 2.23. The van der Waals surface area contributed by atoms with Crippen LogP contribution in [0.15, 0.2) is 29.2 Å². The van der Waals surface area contributed by atoms with E-state index in [1.165, 1.54) is 23.5 Å². The summed E-state index contributed by atoms with van der Waals surface area (Å²) in [5, 5.41) is 4.96. The van der Waals surface area contributed by atoms with Crippen LogP contribution in [0.3, 0.4) is 0 Å². The second kappa shape index (κ2) is 9.85. The summed E-state index contributed by atoms with van der Waals surface area (Å²) in [7, 11) is -2.33. The molecule has 1 aromatic rings. The van der Waals surface area contributed by atoms with Gasteiger partial charge >= 0.3 is 11.8 Å². The quantitative estimate of drug-likeness (QED) is 0.623. The van der Waals surface area contributed by atoms with Crippen molar-refractivity contribution < 1.29 is 27.5 Å². The zero-order chi connectivity index (χ0) is 20.7. The van der Waals surface area contributed by atoms with Crippen LogP contribution in [0.4, 0.5) is 0 Å². The Morgan fingerprint density at radius 3 is 2.46 bits per heavy atom. The molecule has 156 valence electrons. The third kappa shape index (κ3) is 5.66. The predicted molar refractivity (Wildman–Crippen MR) is 102 cm³/mol. The number of ether oxygens (including phenoxy) is 2. The van der Waals surface area contributed by atoms with Crippen LogP contribution in [0.1, 0.15) is 20.3 Å². The fraction of sp³-hybridized carbons (Fsp3) is 0.556. The van der Waals surface area contributed by atoms with E-state index in [2.05, 4.69) is 10.6 Å². The minimum atomic E-state index is -3.82. The van der Waals surface area contributed by atoms with E-state index in [0.717, 1.165) is 0 Å². The maximum atomic E-state index is 13.0. The number of benzene rings is 1. The summed E-state index contributed by atoms with van der Waals surface area (Å²) >= 11 is 0. The van der Waals surface area contributed by atoms with E-state index in [1.54, 1.807) is 12.1 Å². The summed E-state index contributed by atoms with van der Waals surface area (Å²) in [5.74, 6) is -0.820. The van der Waals surface area contributed by atoms with Gasteiger partial charge in [-0.2, -0.15) is 4.31 Å².